The molecule has 0 spiro atoms. The van der Waals surface area contributed by atoms with Gasteiger partial charge in [0.2, 0.25) is 5.89 Å². The van der Waals surface area contributed by atoms with E-state index in [1.807, 2.05) is 19.1 Å². The van der Waals surface area contributed by atoms with E-state index in [0.717, 1.165) is 5.69 Å². The van der Waals surface area contributed by atoms with Gasteiger partial charge in [0.15, 0.2) is 11.2 Å². The highest BCUT2D eigenvalue weighted by Gasteiger charge is 2.17. The second-order valence-corrected chi connectivity index (χ2v) is 4.93. The lowest BCUT2D eigenvalue weighted by atomic mass is 10.2. The van der Waals surface area contributed by atoms with E-state index < -0.39 is 0 Å². The molecule has 0 radical (unpaired) electrons. The Morgan fingerprint density at radius 3 is 2.58 bits per heavy atom. The summed E-state index contributed by atoms with van der Waals surface area (Å²) in [6.45, 7) is 1.88. The van der Waals surface area contributed by atoms with Gasteiger partial charge in [-0.2, -0.15) is 4.98 Å². The third kappa shape index (κ3) is 2.03. The summed E-state index contributed by atoms with van der Waals surface area (Å²) in [5.74, 6) is 0.318. The van der Waals surface area contributed by atoms with E-state index >= 15 is 0 Å². The van der Waals surface area contributed by atoms with E-state index in [0.29, 0.717) is 38.4 Å². The molecule has 3 aromatic rings. The first-order chi connectivity index (χ1) is 9.06. The molecule has 0 unspecified atom stereocenters. The zero-order valence-electron chi connectivity index (χ0n) is 9.95. The number of halogens is 2. The van der Waals surface area contributed by atoms with E-state index in [1.165, 1.54) is 0 Å². The van der Waals surface area contributed by atoms with E-state index in [2.05, 4.69) is 9.97 Å². The van der Waals surface area contributed by atoms with Crippen LogP contribution in [0.4, 0.5) is 5.69 Å². The van der Waals surface area contributed by atoms with Crippen LogP contribution in [0.5, 0.6) is 0 Å². The van der Waals surface area contributed by atoms with Crippen LogP contribution >= 0.6 is 23.2 Å². The Hall–Kier alpha value is -1.78. The van der Waals surface area contributed by atoms with Gasteiger partial charge in [0.05, 0.1) is 21.3 Å². The number of aromatic nitrogens is 2. The molecule has 6 heteroatoms. The predicted octanol–water partition coefficient (Wildman–Crippen LogP) is 4.09. The number of rotatable bonds is 1. The summed E-state index contributed by atoms with van der Waals surface area (Å²) in [4.78, 5) is 8.59. The van der Waals surface area contributed by atoms with Gasteiger partial charge < -0.3 is 10.2 Å². The Morgan fingerprint density at radius 2 is 1.79 bits per heavy atom. The summed E-state index contributed by atoms with van der Waals surface area (Å²) in [7, 11) is 0. The Bertz CT molecular complexity index is 783. The molecule has 0 amide bonds. The fraction of sp³-hybridized carbons (Fsp3) is 0.0769. The normalized spacial score (nSPS) is 11.1. The van der Waals surface area contributed by atoms with E-state index in [1.54, 1.807) is 12.1 Å². The number of hydrogen-bond acceptors (Lipinski definition) is 4. The molecule has 0 saturated heterocycles. The van der Waals surface area contributed by atoms with Crippen LogP contribution in [0, 0.1) is 6.92 Å². The summed E-state index contributed by atoms with van der Waals surface area (Å²) in [6, 6.07) is 6.94. The first-order valence-electron chi connectivity index (χ1n) is 5.54. The number of aryl methyl sites for hydroxylation is 1. The SMILES string of the molecule is Cc1ccc2oc(-c3c(Cl)ccc(Cl)c3N)nc2n1. The van der Waals surface area contributed by atoms with Gasteiger partial charge in [-0.05, 0) is 31.2 Å². The number of pyridine rings is 1. The predicted molar refractivity (Wildman–Crippen MR) is 76.4 cm³/mol. The molecule has 4 nitrogen and oxygen atoms in total. The van der Waals surface area contributed by atoms with E-state index in [-0.39, 0.29) is 0 Å². The molecule has 2 heterocycles. The van der Waals surface area contributed by atoms with Crippen LogP contribution in [0.25, 0.3) is 22.7 Å². The highest BCUT2D eigenvalue weighted by atomic mass is 35.5. The molecule has 0 bridgehead atoms. The molecular weight excluding hydrogens is 285 g/mol. The van der Waals surface area contributed by atoms with Gasteiger partial charge in [-0.25, -0.2) is 4.98 Å². The number of nitrogens with two attached hydrogens (primary N) is 1. The second kappa shape index (κ2) is 4.40. The van der Waals surface area contributed by atoms with Crippen molar-refractivity contribution in [3.8, 4) is 11.5 Å². The molecule has 0 aliphatic carbocycles. The summed E-state index contributed by atoms with van der Waals surface area (Å²) < 4.78 is 5.63. The van der Waals surface area contributed by atoms with Gasteiger partial charge in [0.1, 0.15) is 0 Å². The standard InChI is InChI=1S/C13H9Cl2N3O/c1-6-2-5-9-12(17-6)18-13(19-9)10-7(14)3-4-8(15)11(10)16/h2-5H,16H2,1H3. The van der Waals surface area contributed by atoms with Crippen molar-refractivity contribution < 1.29 is 4.42 Å². The van der Waals surface area contributed by atoms with Crippen molar-refractivity contribution >= 4 is 40.1 Å². The van der Waals surface area contributed by atoms with Crippen LogP contribution in [-0.2, 0) is 0 Å². The minimum Gasteiger partial charge on any atom is -0.434 e. The molecule has 0 aliphatic rings. The number of hydrogen-bond donors (Lipinski definition) is 1. The second-order valence-electron chi connectivity index (χ2n) is 4.11. The Morgan fingerprint density at radius 1 is 1.05 bits per heavy atom. The molecule has 0 aliphatic heterocycles. The van der Waals surface area contributed by atoms with Crippen LogP contribution in [-0.4, -0.2) is 9.97 Å². The molecule has 96 valence electrons. The number of nitrogens with zero attached hydrogens (tertiary/aromatic N) is 2. The maximum Gasteiger partial charge on any atom is 0.232 e. The van der Waals surface area contributed by atoms with Gasteiger partial charge in [-0.1, -0.05) is 23.2 Å². The third-order valence-corrected chi connectivity index (χ3v) is 3.39. The van der Waals surface area contributed by atoms with E-state index in [9.17, 15) is 0 Å². The van der Waals surface area contributed by atoms with Crippen LogP contribution in [0.1, 0.15) is 5.69 Å². The monoisotopic (exact) mass is 293 g/mol. The number of nitrogen functional groups attached to an aromatic ring is 1. The van der Waals surface area contributed by atoms with Crippen LogP contribution in [0.2, 0.25) is 10.0 Å². The van der Waals surface area contributed by atoms with Gasteiger partial charge in [0.25, 0.3) is 0 Å². The fourth-order valence-corrected chi connectivity index (χ4v) is 2.21. The first kappa shape index (κ1) is 12.3. The average molecular weight is 294 g/mol. The first-order valence-corrected chi connectivity index (χ1v) is 6.30. The fourth-order valence-electron chi connectivity index (χ4n) is 1.80. The molecule has 19 heavy (non-hydrogen) atoms. The third-order valence-electron chi connectivity index (χ3n) is 2.75. The summed E-state index contributed by atoms with van der Waals surface area (Å²) in [5.41, 5.74) is 8.72. The molecule has 2 N–H and O–H groups in total. The average Bonchev–Trinajstić information content (AvgIpc) is 2.77. The minimum atomic E-state index is 0.318. The van der Waals surface area contributed by atoms with Gasteiger partial charge in [-0.15, -0.1) is 0 Å². The largest absolute Gasteiger partial charge is 0.434 e. The van der Waals surface area contributed by atoms with Gasteiger partial charge in [-0.3, -0.25) is 0 Å². The van der Waals surface area contributed by atoms with Crippen molar-refractivity contribution in [1.29, 1.82) is 0 Å². The van der Waals surface area contributed by atoms with Crippen molar-refractivity contribution in [2.24, 2.45) is 0 Å². The number of benzene rings is 1. The lowest BCUT2D eigenvalue weighted by molar-refractivity contribution is 0.620. The Balaban J connectivity index is 2.27. The molecule has 0 fully saturated rings. The van der Waals surface area contributed by atoms with Crippen molar-refractivity contribution in [2.45, 2.75) is 6.92 Å². The van der Waals surface area contributed by atoms with Gasteiger partial charge in [0, 0.05) is 5.69 Å². The lowest BCUT2D eigenvalue weighted by Crippen LogP contribution is -1.92. The number of anilines is 1. The zero-order valence-corrected chi connectivity index (χ0v) is 11.5. The molecule has 1 aromatic carbocycles. The van der Waals surface area contributed by atoms with Crippen LogP contribution in [0.3, 0.4) is 0 Å². The van der Waals surface area contributed by atoms with Crippen LogP contribution < -0.4 is 5.73 Å². The maximum atomic E-state index is 6.14. The lowest BCUT2D eigenvalue weighted by Gasteiger charge is -2.05. The topological polar surface area (TPSA) is 64.9 Å². The van der Waals surface area contributed by atoms with Gasteiger partial charge >= 0.3 is 0 Å². The van der Waals surface area contributed by atoms with E-state index in [4.69, 9.17) is 33.4 Å². The Kier molecular flexibility index (Phi) is 2.84. The zero-order chi connectivity index (χ0) is 13.6. The number of oxazole rings is 1. The Labute approximate surface area is 119 Å². The van der Waals surface area contributed by atoms with Crippen LogP contribution in [0.15, 0.2) is 28.7 Å². The summed E-state index contributed by atoms with van der Waals surface area (Å²) >= 11 is 12.1. The highest BCUT2D eigenvalue weighted by Crippen LogP contribution is 2.38. The smallest absolute Gasteiger partial charge is 0.232 e. The summed E-state index contributed by atoms with van der Waals surface area (Å²) in [5, 5.41) is 0.843. The molecule has 0 atom stereocenters. The minimum absolute atomic E-state index is 0.318. The molecule has 2 aromatic heterocycles. The summed E-state index contributed by atoms with van der Waals surface area (Å²) in [6.07, 6.45) is 0. The number of fused-ring (bicyclic) bond motifs is 1. The highest BCUT2D eigenvalue weighted by molar-refractivity contribution is 6.37. The molecular formula is C13H9Cl2N3O. The van der Waals surface area contributed by atoms with Crippen molar-refractivity contribution in [3.05, 3.63) is 40.0 Å². The molecule has 0 saturated carbocycles. The molecule has 3 rings (SSSR count). The van der Waals surface area contributed by atoms with Crippen molar-refractivity contribution in [2.75, 3.05) is 5.73 Å². The van der Waals surface area contributed by atoms with Crippen molar-refractivity contribution in [1.82, 2.24) is 9.97 Å². The quantitative estimate of drug-likeness (QED) is 0.686. The van der Waals surface area contributed by atoms with Crippen molar-refractivity contribution in [3.63, 3.8) is 0 Å². The maximum absolute atomic E-state index is 6.14.